The standard InChI is InChI=1S/C19H25N3O5/c1-12(2)11-22-18(24)15-8-6-5-7-14(15)16(21-22)19(25)27-13(3)17(23)20-9-10-26-4/h5-8,12-13H,9-11H2,1-4H3,(H,20,23)/t13-/m0/s1. The Morgan fingerprint density at radius 2 is 1.85 bits per heavy atom. The molecule has 2 rings (SSSR count). The number of nitrogens with one attached hydrogen (secondary N) is 1. The van der Waals surface area contributed by atoms with Crippen molar-refractivity contribution >= 4 is 22.6 Å². The summed E-state index contributed by atoms with van der Waals surface area (Å²) in [4.78, 5) is 37.2. The highest BCUT2D eigenvalue weighted by Crippen LogP contribution is 2.15. The van der Waals surface area contributed by atoms with Gasteiger partial charge in [0.25, 0.3) is 11.5 Å². The Bertz CT molecular complexity index is 875. The molecular weight excluding hydrogens is 350 g/mol. The molecule has 8 nitrogen and oxygen atoms in total. The molecule has 0 bridgehead atoms. The van der Waals surface area contributed by atoms with E-state index in [1.54, 1.807) is 24.3 Å². The average Bonchev–Trinajstić information content (AvgIpc) is 2.63. The van der Waals surface area contributed by atoms with Crippen molar-refractivity contribution in [3.8, 4) is 0 Å². The molecule has 0 aliphatic carbocycles. The summed E-state index contributed by atoms with van der Waals surface area (Å²) in [5.74, 6) is -1.01. The van der Waals surface area contributed by atoms with Crippen LogP contribution >= 0.6 is 0 Å². The number of nitrogens with zero attached hydrogens (tertiary/aromatic N) is 2. The highest BCUT2D eigenvalue weighted by molar-refractivity contribution is 6.02. The molecule has 1 aromatic heterocycles. The fourth-order valence-corrected chi connectivity index (χ4v) is 2.55. The quantitative estimate of drug-likeness (QED) is 0.552. The van der Waals surface area contributed by atoms with Crippen LogP contribution in [0.2, 0.25) is 0 Å². The van der Waals surface area contributed by atoms with Gasteiger partial charge in [-0.25, -0.2) is 9.48 Å². The molecule has 0 aliphatic heterocycles. The maximum atomic E-state index is 12.6. The van der Waals surface area contributed by atoms with Crippen molar-refractivity contribution in [3.05, 3.63) is 40.3 Å². The maximum absolute atomic E-state index is 12.6. The number of carbonyl (C=O) groups is 2. The number of amides is 1. The van der Waals surface area contributed by atoms with Crippen LogP contribution < -0.4 is 10.9 Å². The minimum absolute atomic E-state index is 0.0161. The zero-order valence-electron chi connectivity index (χ0n) is 16.0. The lowest BCUT2D eigenvalue weighted by Gasteiger charge is -2.15. The SMILES string of the molecule is COCCNC(=O)[C@H](C)OC(=O)c1nn(CC(C)C)c(=O)c2ccccc12. The number of carbonyl (C=O) groups excluding carboxylic acids is 2. The Morgan fingerprint density at radius 3 is 2.48 bits per heavy atom. The molecule has 8 heteroatoms. The van der Waals surface area contributed by atoms with Gasteiger partial charge in [0.1, 0.15) is 0 Å². The average molecular weight is 375 g/mol. The van der Waals surface area contributed by atoms with Gasteiger partial charge in [-0.2, -0.15) is 5.10 Å². The monoisotopic (exact) mass is 375 g/mol. The number of esters is 1. The topological polar surface area (TPSA) is 99.5 Å². The van der Waals surface area contributed by atoms with Crippen molar-refractivity contribution < 1.29 is 19.1 Å². The van der Waals surface area contributed by atoms with Crippen LogP contribution in [0, 0.1) is 5.92 Å². The maximum Gasteiger partial charge on any atom is 0.360 e. The van der Waals surface area contributed by atoms with Crippen molar-refractivity contribution in [2.45, 2.75) is 33.4 Å². The Labute approximate surface area is 157 Å². The molecule has 0 saturated carbocycles. The largest absolute Gasteiger partial charge is 0.448 e. The van der Waals surface area contributed by atoms with Gasteiger partial charge >= 0.3 is 5.97 Å². The molecule has 1 amide bonds. The van der Waals surface area contributed by atoms with E-state index >= 15 is 0 Å². The van der Waals surface area contributed by atoms with E-state index < -0.39 is 18.0 Å². The first kappa shape index (κ1) is 20.6. The number of fused-ring (bicyclic) bond motifs is 1. The molecule has 0 fully saturated rings. The van der Waals surface area contributed by atoms with Crippen LogP contribution in [-0.2, 0) is 20.8 Å². The number of hydrogen-bond acceptors (Lipinski definition) is 6. The molecule has 0 radical (unpaired) electrons. The molecule has 0 saturated heterocycles. The van der Waals surface area contributed by atoms with Crippen molar-refractivity contribution in [2.24, 2.45) is 5.92 Å². The van der Waals surface area contributed by atoms with E-state index in [1.165, 1.54) is 18.7 Å². The van der Waals surface area contributed by atoms with Gasteiger partial charge in [0.05, 0.1) is 12.0 Å². The van der Waals surface area contributed by atoms with E-state index in [1.807, 2.05) is 13.8 Å². The van der Waals surface area contributed by atoms with Crippen LogP contribution in [0.4, 0.5) is 0 Å². The van der Waals surface area contributed by atoms with Gasteiger partial charge in [-0.1, -0.05) is 32.0 Å². The van der Waals surface area contributed by atoms with Crippen LogP contribution in [0.3, 0.4) is 0 Å². The number of benzene rings is 1. The third-order valence-corrected chi connectivity index (χ3v) is 3.86. The zero-order chi connectivity index (χ0) is 20.0. The van der Waals surface area contributed by atoms with Crippen LogP contribution in [0.1, 0.15) is 31.3 Å². The van der Waals surface area contributed by atoms with E-state index in [2.05, 4.69) is 10.4 Å². The van der Waals surface area contributed by atoms with E-state index in [0.717, 1.165) is 0 Å². The van der Waals surface area contributed by atoms with E-state index in [4.69, 9.17) is 9.47 Å². The summed E-state index contributed by atoms with van der Waals surface area (Å²) in [5, 5.41) is 7.60. The van der Waals surface area contributed by atoms with Crippen molar-refractivity contribution in [1.29, 1.82) is 0 Å². The van der Waals surface area contributed by atoms with Crippen LogP contribution in [-0.4, -0.2) is 48.0 Å². The molecule has 146 valence electrons. The second-order valence-electron chi connectivity index (χ2n) is 6.61. The van der Waals surface area contributed by atoms with Crippen LogP contribution in [0.5, 0.6) is 0 Å². The van der Waals surface area contributed by atoms with Gasteiger partial charge in [0.15, 0.2) is 11.8 Å². The molecular formula is C19H25N3O5. The Hall–Kier alpha value is -2.74. The number of hydrogen-bond donors (Lipinski definition) is 1. The second kappa shape index (κ2) is 9.27. The third kappa shape index (κ3) is 5.13. The summed E-state index contributed by atoms with van der Waals surface area (Å²) in [7, 11) is 1.53. The number of methoxy groups -OCH3 is 1. The lowest BCUT2D eigenvalue weighted by molar-refractivity contribution is -0.129. The summed E-state index contributed by atoms with van der Waals surface area (Å²) in [6.07, 6.45) is -1.000. The Balaban J connectivity index is 2.31. The molecule has 0 unspecified atom stereocenters. The molecule has 0 aliphatic rings. The molecule has 0 spiro atoms. The van der Waals surface area contributed by atoms with Gasteiger partial charge < -0.3 is 14.8 Å². The predicted octanol–water partition coefficient (Wildman–Crippen LogP) is 1.36. The summed E-state index contributed by atoms with van der Waals surface area (Å²) >= 11 is 0. The summed E-state index contributed by atoms with van der Waals surface area (Å²) in [6.45, 7) is 6.43. The summed E-state index contributed by atoms with van der Waals surface area (Å²) < 4.78 is 11.4. The fraction of sp³-hybridized carbons (Fsp3) is 0.474. The summed E-state index contributed by atoms with van der Waals surface area (Å²) in [5.41, 5.74) is -0.247. The number of rotatable bonds is 8. The first-order chi connectivity index (χ1) is 12.8. The highest BCUT2D eigenvalue weighted by atomic mass is 16.5. The highest BCUT2D eigenvalue weighted by Gasteiger charge is 2.23. The first-order valence-corrected chi connectivity index (χ1v) is 8.82. The van der Waals surface area contributed by atoms with Gasteiger partial charge in [0.2, 0.25) is 0 Å². The normalized spacial score (nSPS) is 12.2. The lowest BCUT2D eigenvalue weighted by Crippen LogP contribution is -2.38. The van der Waals surface area contributed by atoms with Gasteiger partial charge in [0, 0.05) is 25.6 Å². The first-order valence-electron chi connectivity index (χ1n) is 8.82. The van der Waals surface area contributed by atoms with Gasteiger partial charge in [-0.3, -0.25) is 9.59 Å². The minimum atomic E-state index is -1.000. The van der Waals surface area contributed by atoms with Crippen molar-refractivity contribution in [1.82, 2.24) is 15.1 Å². The van der Waals surface area contributed by atoms with Gasteiger partial charge in [-0.15, -0.1) is 0 Å². The minimum Gasteiger partial charge on any atom is -0.448 e. The van der Waals surface area contributed by atoms with E-state index in [0.29, 0.717) is 30.5 Å². The molecule has 1 atom stereocenters. The van der Waals surface area contributed by atoms with Crippen molar-refractivity contribution in [2.75, 3.05) is 20.3 Å². The Morgan fingerprint density at radius 1 is 1.19 bits per heavy atom. The molecule has 1 aromatic carbocycles. The van der Waals surface area contributed by atoms with Crippen molar-refractivity contribution in [3.63, 3.8) is 0 Å². The second-order valence-corrected chi connectivity index (χ2v) is 6.61. The van der Waals surface area contributed by atoms with Crippen LogP contribution in [0.15, 0.2) is 29.1 Å². The van der Waals surface area contributed by atoms with Crippen LogP contribution in [0.25, 0.3) is 10.8 Å². The summed E-state index contributed by atoms with van der Waals surface area (Å²) in [6, 6.07) is 6.73. The zero-order valence-corrected chi connectivity index (χ0v) is 16.0. The number of ether oxygens (including phenoxy) is 2. The lowest BCUT2D eigenvalue weighted by atomic mass is 10.1. The molecule has 2 aromatic rings. The Kier molecular flexibility index (Phi) is 7.06. The predicted molar refractivity (Wildman–Crippen MR) is 101 cm³/mol. The molecule has 1 heterocycles. The van der Waals surface area contributed by atoms with E-state index in [-0.39, 0.29) is 17.2 Å². The fourth-order valence-electron chi connectivity index (χ4n) is 2.55. The third-order valence-electron chi connectivity index (χ3n) is 3.86. The number of aromatic nitrogens is 2. The molecule has 1 N–H and O–H groups in total. The smallest absolute Gasteiger partial charge is 0.360 e. The van der Waals surface area contributed by atoms with Gasteiger partial charge in [-0.05, 0) is 18.9 Å². The molecule has 27 heavy (non-hydrogen) atoms. The van der Waals surface area contributed by atoms with E-state index in [9.17, 15) is 14.4 Å².